The molecule has 3 nitrogen and oxygen atoms in total. The summed E-state index contributed by atoms with van der Waals surface area (Å²) in [6.45, 7) is 12.3. The fourth-order valence-electron chi connectivity index (χ4n) is 2.57. The van der Waals surface area contributed by atoms with Crippen LogP contribution in [0.15, 0.2) is 24.0 Å². The van der Waals surface area contributed by atoms with Crippen molar-refractivity contribution in [1.82, 2.24) is 0 Å². The SMILES string of the molecule is C[SiH](C)CC[Si](C)(C)O[SiH](C)CCCOC1=CC(F)C(O)C=C1. The first-order chi connectivity index (χ1) is 10.7. The summed E-state index contributed by atoms with van der Waals surface area (Å²) < 4.78 is 25.3. The minimum Gasteiger partial charge on any atom is -0.494 e. The van der Waals surface area contributed by atoms with E-state index in [0.29, 0.717) is 12.4 Å². The van der Waals surface area contributed by atoms with Gasteiger partial charge in [-0.1, -0.05) is 19.1 Å². The lowest BCUT2D eigenvalue weighted by Crippen LogP contribution is -2.37. The summed E-state index contributed by atoms with van der Waals surface area (Å²) in [4.78, 5) is 0. The van der Waals surface area contributed by atoms with E-state index in [2.05, 4.69) is 32.7 Å². The van der Waals surface area contributed by atoms with Crippen LogP contribution in [0.3, 0.4) is 0 Å². The number of aliphatic hydroxyl groups excluding tert-OH is 1. The van der Waals surface area contributed by atoms with Crippen LogP contribution in [0, 0.1) is 0 Å². The van der Waals surface area contributed by atoms with Gasteiger partial charge >= 0.3 is 0 Å². The molecule has 0 bridgehead atoms. The molecule has 0 radical (unpaired) electrons. The minimum atomic E-state index is -1.48. The number of halogens is 1. The van der Waals surface area contributed by atoms with Crippen LogP contribution < -0.4 is 0 Å². The Morgan fingerprint density at radius 3 is 2.57 bits per heavy atom. The van der Waals surface area contributed by atoms with E-state index in [1.165, 1.54) is 24.2 Å². The molecule has 23 heavy (non-hydrogen) atoms. The molecule has 134 valence electrons. The van der Waals surface area contributed by atoms with Gasteiger partial charge in [0.25, 0.3) is 0 Å². The molecule has 0 amide bonds. The molecule has 0 spiro atoms. The molecule has 1 N–H and O–H groups in total. The Balaban J connectivity index is 2.20. The molecule has 0 heterocycles. The van der Waals surface area contributed by atoms with Crippen LogP contribution in [0.4, 0.5) is 4.39 Å². The van der Waals surface area contributed by atoms with E-state index < -0.39 is 38.4 Å². The third-order valence-corrected chi connectivity index (χ3v) is 12.9. The third-order valence-electron chi connectivity index (χ3n) is 3.98. The van der Waals surface area contributed by atoms with Crippen LogP contribution in [0.2, 0.25) is 50.9 Å². The maximum Gasteiger partial charge on any atom is 0.172 e. The summed E-state index contributed by atoms with van der Waals surface area (Å²) in [5.41, 5.74) is 0. The van der Waals surface area contributed by atoms with Gasteiger partial charge < -0.3 is 14.0 Å². The predicted octanol–water partition coefficient (Wildman–Crippen LogP) is 3.61. The molecule has 0 saturated heterocycles. The van der Waals surface area contributed by atoms with Crippen molar-refractivity contribution >= 4 is 26.2 Å². The maximum atomic E-state index is 13.3. The smallest absolute Gasteiger partial charge is 0.172 e. The highest BCUT2D eigenvalue weighted by Crippen LogP contribution is 2.19. The van der Waals surface area contributed by atoms with Crippen molar-refractivity contribution in [2.45, 2.75) is 69.6 Å². The number of aliphatic hydroxyl groups is 1. The van der Waals surface area contributed by atoms with Gasteiger partial charge in [-0.3, -0.25) is 0 Å². The molecule has 0 saturated carbocycles. The molecule has 0 aromatic carbocycles. The first kappa shape index (κ1) is 20.8. The molecule has 1 rings (SSSR count). The van der Waals surface area contributed by atoms with E-state index in [9.17, 15) is 9.50 Å². The second-order valence-electron chi connectivity index (χ2n) is 7.47. The van der Waals surface area contributed by atoms with Crippen LogP contribution >= 0.6 is 0 Å². The molecular formula is C16H33FO3Si3. The monoisotopic (exact) mass is 376 g/mol. The van der Waals surface area contributed by atoms with Crippen molar-refractivity contribution in [2.75, 3.05) is 6.61 Å². The Morgan fingerprint density at radius 2 is 1.96 bits per heavy atom. The highest BCUT2D eigenvalue weighted by Gasteiger charge is 2.25. The van der Waals surface area contributed by atoms with Gasteiger partial charge in [-0.25, -0.2) is 4.39 Å². The number of hydrogen-bond acceptors (Lipinski definition) is 3. The Hall–Kier alpha value is -0.219. The molecule has 3 unspecified atom stereocenters. The van der Waals surface area contributed by atoms with Gasteiger partial charge in [0, 0.05) is 8.80 Å². The molecule has 0 aromatic heterocycles. The molecule has 0 aromatic rings. The van der Waals surface area contributed by atoms with Crippen LogP contribution in [-0.2, 0) is 8.85 Å². The van der Waals surface area contributed by atoms with Crippen molar-refractivity contribution in [3.8, 4) is 0 Å². The number of ether oxygens (including phenoxy) is 1. The van der Waals surface area contributed by atoms with E-state index >= 15 is 0 Å². The standard InChI is InChI=1S/C16H33FO3Si3/c1-21(2)11-12-23(4,5)20-22(3)10-6-9-19-14-7-8-16(18)15(17)13-14/h7-8,13,15-16,18,21-22H,6,9-12H2,1-5H3. The Bertz CT molecular complexity index is 413. The lowest BCUT2D eigenvalue weighted by atomic mass is 10.1. The first-order valence-electron chi connectivity index (χ1n) is 8.72. The molecular weight excluding hydrogens is 343 g/mol. The summed E-state index contributed by atoms with van der Waals surface area (Å²) in [5.74, 6) is 0.523. The summed E-state index contributed by atoms with van der Waals surface area (Å²) >= 11 is 0. The Labute approximate surface area is 145 Å². The zero-order valence-electron chi connectivity index (χ0n) is 15.2. The Kier molecular flexibility index (Phi) is 8.99. The number of allylic oxidation sites excluding steroid dienone is 1. The highest BCUT2D eigenvalue weighted by molar-refractivity contribution is 6.79. The lowest BCUT2D eigenvalue weighted by molar-refractivity contribution is 0.132. The zero-order valence-corrected chi connectivity index (χ0v) is 18.5. The van der Waals surface area contributed by atoms with Gasteiger partial charge in [0.15, 0.2) is 23.5 Å². The normalized spacial score (nSPS) is 23.0. The van der Waals surface area contributed by atoms with E-state index in [0.717, 1.165) is 12.5 Å². The number of rotatable bonds is 10. The van der Waals surface area contributed by atoms with Gasteiger partial charge in [-0.05, 0) is 56.4 Å². The molecule has 7 heteroatoms. The van der Waals surface area contributed by atoms with Crippen LogP contribution in [0.25, 0.3) is 0 Å². The van der Waals surface area contributed by atoms with Crippen molar-refractivity contribution in [3.63, 3.8) is 0 Å². The van der Waals surface area contributed by atoms with Crippen LogP contribution in [-0.4, -0.2) is 50.1 Å². The lowest BCUT2D eigenvalue weighted by Gasteiger charge is -2.28. The van der Waals surface area contributed by atoms with Crippen molar-refractivity contribution < 1.29 is 18.3 Å². The second-order valence-corrected chi connectivity index (χ2v) is 18.0. The number of hydrogen-bond donors (Lipinski definition) is 1. The molecule has 0 fully saturated rings. The van der Waals surface area contributed by atoms with Gasteiger partial charge in [-0.15, -0.1) is 0 Å². The fourth-order valence-corrected chi connectivity index (χ4v) is 13.7. The summed E-state index contributed by atoms with van der Waals surface area (Å²) in [6, 6.07) is 3.77. The fraction of sp³-hybridized carbons (Fsp3) is 0.750. The van der Waals surface area contributed by atoms with E-state index in [1.54, 1.807) is 6.08 Å². The van der Waals surface area contributed by atoms with Crippen LogP contribution in [0.1, 0.15) is 6.42 Å². The van der Waals surface area contributed by atoms with E-state index in [1.807, 2.05) is 0 Å². The molecule has 1 aliphatic carbocycles. The second kappa shape index (κ2) is 9.93. The van der Waals surface area contributed by atoms with Gasteiger partial charge in [0.1, 0.15) is 11.9 Å². The van der Waals surface area contributed by atoms with Crippen molar-refractivity contribution in [3.05, 3.63) is 24.0 Å². The summed E-state index contributed by atoms with van der Waals surface area (Å²) in [7, 11) is -3.10. The Morgan fingerprint density at radius 1 is 1.26 bits per heavy atom. The maximum absolute atomic E-state index is 13.3. The molecule has 1 aliphatic rings. The predicted molar refractivity (Wildman–Crippen MR) is 104 cm³/mol. The molecule has 0 aliphatic heterocycles. The van der Waals surface area contributed by atoms with Crippen molar-refractivity contribution in [2.24, 2.45) is 0 Å². The van der Waals surface area contributed by atoms with Gasteiger partial charge in [-0.2, -0.15) is 0 Å². The quantitative estimate of drug-likeness (QED) is 0.467. The average molecular weight is 377 g/mol. The summed E-state index contributed by atoms with van der Waals surface area (Å²) in [5, 5.41) is 9.26. The molecule has 3 atom stereocenters. The van der Waals surface area contributed by atoms with Gasteiger partial charge in [0.2, 0.25) is 0 Å². The zero-order chi connectivity index (χ0) is 17.5. The summed E-state index contributed by atoms with van der Waals surface area (Å²) in [6.07, 6.45) is 2.97. The average Bonchev–Trinajstić information content (AvgIpc) is 2.45. The van der Waals surface area contributed by atoms with Crippen LogP contribution in [0.5, 0.6) is 0 Å². The van der Waals surface area contributed by atoms with Gasteiger partial charge in [0.05, 0.1) is 6.61 Å². The topological polar surface area (TPSA) is 38.7 Å². The minimum absolute atomic E-state index is 0.480. The van der Waals surface area contributed by atoms with Crippen molar-refractivity contribution in [1.29, 1.82) is 0 Å². The first-order valence-corrected chi connectivity index (χ1v) is 17.4. The number of alkyl halides is 1. The van der Waals surface area contributed by atoms with E-state index in [4.69, 9.17) is 8.85 Å². The largest absolute Gasteiger partial charge is 0.494 e. The highest BCUT2D eigenvalue weighted by atomic mass is 28.4. The van der Waals surface area contributed by atoms with E-state index in [-0.39, 0.29) is 0 Å². The third kappa shape index (κ3) is 8.99.